The number of aromatic nitrogens is 3. The van der Waals surface area contributed by atoms with E-state index in [2.05, 4.69) is 108 Å². The molecular formula is C37H21N3O. The van der Waals surface area contributed by atoms with Gasteiger partial charge in [-0.25, -0.2) is 4.68 Å². The largest absolute Gasteiger partial charge is 0.455 e. The quantitative estimate of drug-likeness (QED) is 0.216. The number of benzene rings is 6. The Bertz CT molecular complexity index is 2390. The van der Waals surface area contributed by atoms with Crippen molar-refractivity contribution in [1.82, 2.24) is 15.0 Å². The van der Waals surface area contributed by atoms with Crippen molar-refractivity contribution in [3.63, 3.8) is 0 Å². The van der Waals surface area contributed by atoms with Crippen LogP contribution in [0.2, 0.25) is 0 Å². The average molecular weight is 524 g/mol. The van der Waals surface area contributed by atoms with Crippen LogP contribution in [0.5, 0.6) is 0 Å². The van der Waals surface area contributed by atoms with E-state index in [1.807, 2.05) is 28.9 Å². The molecule has 1 unspecified atom stereocenters. The van der Waals surface area contributed by atoms with Crippen LogP contribution in [0.1, 0.15) is 22.3 Å². The Morgan fingerprint density at radius 3 is 2.22 bits per heavy atom. The van der Waals surface area contributed by atoms with E-state index in [1.165, 1.54) is 44.5 Å². The molecule has 0 amide bonds. The molecule has 0 saturated carbocycles. The molecule has 0 fully saturated rings. The van der Waals surface area contributed by atoms with E-state index in [1.54, 1.807) is 0 Å². The van der Waals surface area contributed by atoms with Crippen molar-refractivity contribution in [3.05, 3.63) is 150 Å². The van der Waals surface area contributed by atoms with Gasteiger partial charge in [-0.2, -0.15) is 0 Å². The van der Waals surface area contributed by atoms with Crippen molar-refractivity contribution in [2.24, 2.45) is 0 Å². The van der Waals surface area contributed by atoms with Gasteiger partial charge in [0.1, 0.15) is 16.7 Å². The average Bonchev–Trinajstić information content (AvgIpc) is 3.77. The molecule has 10 rings (SSSR count). The van der Waals surface area contributed by atoms with Gasteiger partial charge in [0.25, 0.3) is 0 Å². The minimum Gasteiger partial charge on any atom is -0.455 e. The van der Waals surface area contributed by atoms with Gasteiger partial charge in [0.2, 0.25) is 0 Å². The first-order valence-corrected chi connectivity index (χ1v) is 13.9. The summed E-state index contributed by atoms with van der Waals surface area (Å²) < 4.78 is 8.68. The lowest BCUT2D eigenvalue weighted by Crippen LogP contribution is -2.27. The number of nitrogens with zero attached hydrogens (tertiary/aromatic N) is 3. The van der Waals surface area contributed by atoms with E-state index in [4.69, 9.17) is 9.63 Å². The highest BCUT2D eigenvalue weighted by Crippen LogP contribution is 2.65. The van der Waals surface area contributed by atoms with Crippen molar-refractivity contribution in [3.8, 4) is 27.9 Å². The fraction of sp³-hybridized carbons (Fsp3) is 0.0270. The molecule has 0 N–H and O–H groups in total. The maximum Gasteiger partial charge on any atom is 0.143 e. The summed E-state index contributed by atoms with van der Waals surface area (Å²) >= 11 is 0. The third-order valence-corrected chi connectivity index (χ3v) is 9.17. The molecule has 8 aromatic rings. The first-order chi connectivity index (χ1) is 20.4. The Hall–Kier alpha value is -5.48. The highest BCUT2D eigenvalue weighted by molar-refractivity contribution is 6.13. The molecule has 0 saturated heterocycles. The smallest absolute Gasteiger partial charge is 0.143 e. The van der Waals surface area contributed by atoms with Crippen LogP contribution in [-0.4, -0.2) is 15.0 Å². The molecule has 0 radical (unpaired) electrons. The van der Waals surface area contributed by atoms with Crippen molar-refractivity contribution in [1.29, 1.82) is 0 Å². The van der Waals surface area contributed by atoms with Crippen LogP contribution in [0.3, 0.4) is 0 Å². The van der Waals surface area contributed by atoms with Crippen LogP contribution >= 0.6 is 0 Å². The summed E-state index contributed by atoms with van der Waals surface area (Å²) in [6, 6.07) is 45.4. The van der Waals surface area contributed by atoms with Crippen molar-refractivity contribution >= 4 is 33.0 Å². The summed E-state index contributed by atoms with van der Waals surface area (Å²) in [6.07, 6.45) is 0. The minimum atomic E-state index is -0.533. The summed E-state index contributed by atoms with van der Waals surface area (Å²) in [6.45, 7) is 0. The molecule has 2 aliphatic carbocycles. The topological polar surface area (TPSA) is 43.9 Å². The monoisotopic (exact) mass is 523 g/mol. The maximum absolute atomic E-state index is 6.66. The molecule has 1 atom stereocenters. The van der Waals surface area contributed by atoms with E-state index in [-0.39, 0.29) is 0 Å². The van der Waals surface area contributed by atoms with Gasteiger partial charge in [0, 0.05) is 21.9 Å². The highest BCUT2D eigenvalue weighted by atomic mass is 16.3. The standard InChI is InChI=1S/C37H21N3O/c1-4-14-27-22(10-1)24-13-9-18-32(40-31-17-7-6-16-30(31)38-39-40)35(24)37(27)28-15-5-2-12-26(28)34-29(37)21-20-25-23-11-3-8-19-33(23)41-36(25)34/h1-21H. The second-order valence-electron chi connectivity index (χ2n) is 11.0. The Labute approximate surface area is 235 Å². The third kappa shape index (κ3) is 2.43. The lowest BCUT2D eigenvalue weighted by atomic mass is 9.70. The van der Waals surface area contributed by atoms with Gasteiger partial charge in [0.15, 0.2) is 0 Å². The van der Waals surface area contributed by atoms with Gasteiger partial charge in [-0.1, -0.05) is 108 Å². The second kappa shape index (κ2) is 7.38. The van der Waals surface area contributed by atoms with Gasteiger partial charge >= 0.3 is 0 Å². The number of hydrogen-bond acceptors (Lipinski definition) is 3. The van der Waals surface area contributed by atoms with E-state index < -0.39 is 5.41 Å². The number of hydrogen-bond donors (Lipinski definition) is 0. The summed E-state index contributed by atoms with van der Waals surface area (Å²) in [7, 11) is 0. The molecule has 4 nitrogen and oxygen atoms in total. The number of rotatable bonds is 1. The van der Waals surface area contributed by atoms with Gasteiger partial charge in [0.05, 0.1) is 16.6 Å². The van der Waals surface area contributed by atoms with Crippen LogP contribution in [-0.2, 0) is 5.41 Å². The molecule has 0 aliphatic heterocycles. The van der Waals surface area contributed by atoms with E-state index in [0.29, 0.717) is 0 Å². The van der Waals surface area contributed by atoms with Crippen LogP contribution in [0.4, 0.5) is 0 Å². The van der Waals surface area contributed by atoms with E-state index >= 15 is 0 Å². The molecule has 1 spiro atoms. The van der Waals surface area contributed by atoms with E-state index in [9.17, 15) is 0 Å². The Morgan fingerprint density at radius 2 is 1.29 bits per heavy atom. The zero-order valence-corrected chi connectivity index (χ0v) is 21.9. The first kappa shape index (κ1) is 21.4. The molecule has 2 aromatic heterocycles. The maximum atomic E-state index is 6.66. The Balaban J connectivity index is 1.42. The van der Waals surface area contributed by atoms with Crippen molar-refractivity contribution in [2.45, 2.75) is 5.41 Å². The SMILES string of the molecule is c1ccc2c(c1)-c1cccc(-n3nnc4ccccc43)c1C21c2ccccc2-c2c1ccc1c2oc2ccccc21. The molecule has 2 heterocycles. The zero-order chi connectivity index (χ0) is 26.7. The fourth-order valence-corrected chi connectivity index (χ4v) is 7.66. The van der Waals surface area contributed by atoms with Crippen LogP contribution in [0.15, 0.2) is 132 Å². The predicted octanol–water partition coefficient (Wildman–Crippen LogP) is 8.66. The molecule has 0 bridgehead atoms. The third-order valence-electron chi connectivity index (χ3n) is 9.17. The van der Waals surface area contributed by atoms with Gasteiger partial charge in [-0.3, -0.25) is 0 Å². The minimum absolute atomic E-state index is 0.533. The number of fused-ring (bicyclic) bond motifs is 15. The summed E-state index contributed by atoms with van der Waals surface area (Å²) in [5.41, 5.74) is 14.1. The van der Waals surface area contributed by atoms with Crippen LogP contribution in [0.25, 0.3) is 60.9 Å². The number of furan rings is 1. The summed E-state index contributed by atoms with van der Waals surface area (Å²) in [4.78, 5) is 0. The van der Waals surface area contributed by atoms with Gasteiger partial charge in [-0.05, 0) is 57.6 Å². The second-order valence-corrected chi connectivity index (χ2v) is 11.0. The predicted molar refractivity (Wildman–Crippen MR) is 162 cm³/mol. The molecule has 190 valence electrons. The molecule has 41 heavy (non-hydrogen) atoms. The Kier molecular flexibility index (Phi) is 3.84. The van der Waals surface area contributed by atoms with Gasteiger partial charge in [-0.15, -0.1) is 5.10 Å². The van der Waals surface area contributed by atoms with E-state index in [0.717, 1.165) is 38.7 Å². The number of para-hydroxylation sites is 2. The van der Waals surface area contributed by atoms with Crippen molar-refractivity contribution < 1.29 is 4.42 Å². The lowest BCUT2D eigenvalue weighted by molar-refractivity contribution is 0.669. The normalized spacial score (nSPS) is 16.4. The molecular weight excluding hydrogens is 502 g/mol. The van der Waals surface area contributed by atoms with Crippen molar-refractivity contribution in [2.75, 3.05) is 0 Å². The first-order valence-electron chi connectivity index (χ1n) is 13.9. The fourth-order valence-electron chi connectivity index (χ4n) is 7.66. The lowest BCUT2D eigenvalue weighted by Gasteiger charge is -2.31. The molecule has 2 aliphatic rings. The zero-order valence-electron chi connectivity index (χ0n) is 21.9. The highest BCUT2D eigenvalue weighted by Gasteiger charge is 2.54. The summed E-state index contributed by atoms with van der Waals surface area (Å²) in [5.74, 6) is 0. The Morgan fingerprint density at radius 1 is 0.561 bits per heavy atom. The molecule has 6 aromatic carbocycles. The van der Waals surface area contributed by atoms with Crippen LogP contribution in [0, 0.1) is 0 Å². The van der Waals surface area contributed by atoms with Gasteiger partial charge < -0.3 is 4.42 Å². The summed E-state index contributed by atoms with van der Waals surface area (Å²) in [5, 5.41) is 11.5. The van der Waals surface area contributed by atoms with Crippen LogP contribution < -0.4 is 0 Å². The molecule has 4 heteroatoms.